The van der Waals surface area contributed by atoms with Crippen molar-refractivity contribution < 1.29 is 4.79 Å². The molecule has 0 radical (unpaired) electrons. The van der Waals surface area contributed by atoms with Crippen molar-refractivity contribution in [1.82, 2.24) is 19.8 Å². The molecule has 0 saturated carbocycles. The minimum absolute atomic E-state index is 0.134. The van der Waals surface area contributed by atoms with E-state index in [-0.39, 0.29) is 17.0 Å². The van der Waals surface area contributed by atoms with Crippen LogP contribution in [-0.2, 0) is 13.0 Å². The van der Waals surface area contributed by atoms with Crippen LogP contribution < -0.4 is 10.9 Å². The SMILES string of the molecule is Cc1ncsc1CCN(C)C(=O)c1ccc2n(c1=O)C[C@@H]1CNC[C@H]2C1. The van der Waals surface area contributed by atoms with Crippen molar-refractivity contribution in [3.8, 4) is 0 Å². The molecule has 138 valence electrons. The highest BCUT2D eigenvalue weighted by Crippen LogP contribution is 2.31. The first kappa shape index (κ1) is 17.4. The number of piperidine rings is 1. The van der Waals surface area contributed by atoms with Gasteiger partial charge in [0.05, 0.1) is 11.2 Å². The van der Waals surface area contributed by atoms with Crippen LogP contribution in [0.1, 0.15) is 39.0 Å². The van der Waals surface area contributed by atoms with E-state index in [1.54, 1.807) is 29.4 Å². The minimum Gasteiger partial charge on any atom is -0.341 e. The number of carbonyl (C=O) groups excluding carboxylic acids is 1. The third-order valence-corrected chi connectivity index (χ3v) is 6.60. The number of aromatic nitrogens is 2. The first-order chi connectivity index (χ1) is 12.5. The Morgan fingerprint density at radius 1 is 1.42 bits per heavy atom. The van der Waals surface area contributed by atoms with Crippen molar-refractivity contribution in [2.45, 2.75) is 32.2 Å². The van der Waals surface area contributed by atoms with E-state index in [0.29, 0.717) is 24.9 Å². The van der Waals surface area contributed by atoms with Crippen molar-refractivity contribution in [2.24, 2.45) is 5.92 Å². The Morgan fingerprint density at radius 2 is 2.27 bits per heavy atom. The van der Waals surface area contributed by atoms with Gasteiger partial charge in [-0.05, 0) is 37.9 Å². The van der Waals surface area contributed by atoms with Crippen LogP contribution in [0.5, 0.6) is 0 Å². The summed E-state index contributed by atoms with van der Waals surface area (Å²) in [6.45, 7) is 5.14. The highest BCUT2D eigenvalue weighted by Gasteiger charge is 2.32. The molecule has 2 aromatic rings. The van der Waals surface area contributed by atoms with Gasteiger partial charge in [0.1, 0.15) is 5.56 Å². The zero-order chi connectivity index (χ0) is 18.3. The van der Waals surface area contributed by atoms with Gasteiger partial charge >= 0.3 is 0 Å². The molecule has 1 amide bonds. The molecule has 1 saturated heterocycles. The molecular weight excluding hydrogens is 348 g/mol. The van der Waals surface area contributed by atoms with Crippen molar-refractivity contribution in [3.05, 3.63) is 49.8 Å². The van der Waals surface area contributed by atoms with Crippen LogP contribution in [0, 0.1) is 12.8 Å². The summed E-state index contributed by atoms with van der Waals surface area (Å²) in [5.74, 6) is 0.670. The number of pyridine rings is 1. The molecule has 2 aromatic heterocycles. The lowest BCUT2D eigenvalue weighted by atomic mass is 9.84. The predicted octanol–water partition coefficient (Wildman–Crippen LogP) is 1.63. The number of nitrogens with one attached hydrogen (secondary N) is 1. The van der Waals surface area contributed by atoms with Crippen molar-refractivity contribution in [2.75, 3.05) is 26.7 Å². The fraction of sp³-hybridized carbons (Fsp3) is 0.526. The quantitative estimate of drug-likeness (QED) is 0.886. The molecule has 4 rings (SSSR count). The Balaban J connectivity index is 1.54. The summed E-state index contributed by atoms with van der Waals surface area (Å²) in [5.41, 5.74) is 4.06. The van der Waals surface area contributed by atoms with E-state index in [4.69, 9.17) is 0 Å². The molecule has 0 spiro atoms. The van der Waals surface area contributed by atoms with Crippen molar-refractivity contribution >= 4 is 17.2 Å². The Morgan fingerprint density at radius 3 is 3.04 bits per heavy atom. The van der Waals surface area contributed by atoms with Gasteiger partial charge in [-0.25, -0.2) is 4.98 Å². The fourth-order valence-electron chi connectivity index (χ4n) is 4.10. The number of fused-ring (bicyclic) bond motifs is 4. The van der Waals surface area contributed by atoms with Gasteiger partial charge in [-0.15, -0.1) is 11.3 Å². The Hall–Kier alpha value is -1.99. The first-order valence-electron chi connectivity index (χ1n) is 9.13. The number of amides is 1. The smallest absolute Gasteiger partial charge is 0.263 e. The highest BCUT2D eigenvalue weighted by atomic mass is 32.1. The van der Waals surface area contributed by atoms with Crippen LogP contribution in [0.4, 0.5) is 0 Å². The molecule has 0 aliphatic carbocycles. The summed E-state index contributed by atoms with van der Waals surface area (Å²) in [5, 5.41) is 3.44. The van der Waals surface area contributed by atoms with Crippen LogP contribution in [0.25, 0.3) is 0 Å². The van der Waals surface area contributed by atoms with Crippen LogP contribution >= 0.6 is 11.3 Å². The van der Waals surface area contributed by atoms with E-state index >= 15 is 0 Å². The van der Waals surface area contributed by atoms with Gasteiger partial charge in [0.25, 0.3) is 11.5 Å². The lowest BCUT2D eigenvalue weighted by molar-refractivity contribution is 0.0793. The van der Waals surface area contributed by atoms with Crippen LogP contribution in [0.2, 0.25) is 0 Å². The molecule has 1 fully saturated rings. The predicted molar refractivity (Wildman–Crippen MR) is 102 cm³/mol. The van der Waals surface area contributed by atoms with Crippen LogP contribution in [-0.4, -0.2) is 47.0 Å². The molecule has 2 bridgehead atoms. The van der Waals surface area contributed by atoms with E-state index in [1.807, 2.05) is 23.1 Å². The summed E-state index contributed by atoms with van der Waals surface area (Å²) in [4.78, 5) is 32.9. The summed E-state index contributed by atoms with van der Waals surface area (Å²) in [7, 11) is 1.76. The number of rotatable bonds is 4. The monoisotopic (exact) mass is 372 g/mol. The van der Waals surface area contributed by atoms with E-state index in [9.17, 15) is 9.59 Å². The molecule has 2 atom stereocenters. The molecule has 2 aliphatic heterocycles. The van der Waals surface area contributed by atoms with Gasteiger partial charge in [0.15, 0.2) is 0 Å². The van der Waals surface area contributed by atoms with Crippen molar-refractivity contribution in [3.63, 3.8) is 0 Å². The van der Waals surface area contributed by atoms with Crippen LogP contribution in [0.15, 0.2) is 22.4 Å². The summed E-state index contributed by atoms with van der Waals surface area (Å²) in [6.07, 6.45) is 1.90. The molecule has 26 heavy (non-hydrogen) atoms. The summed E-state index contributed by atoms with van der Waals surface area (Å²) < 4.78 is 1.84. The fourth-order valence-corrected chi connectivity index (χ4v) is 4.87. The lowest BCUT2D eigenvalue weighted by Gasteiger charge is -2.37. The Bertz CT molecular complexity index is 888. The van der Waals surface area contributed by atoms with Gasteiger partial charge in [-0.1, -0.05) is 0 Å². The molecule has 0 unspecified atom stereocenters. The largest absolute Gasteiger partial charge is 0.341 e. The van der Waals surface area contributed by atoms with Gasteiger partial charge in [-0.3, -0.25) is 9.59 Å². The number of thiazole rings is 1. The van der Waals surface area contributed by atoms with Gasteiger partial charge in [-0.2, -0.15) is 0 Å². The number of carbonyl (C=O) groups is 1. The zero-order valence-corrected chi connectivity index (χ0v) is 16.0. The molecule has 4 heterocycles. The second-order valence-electron chi connectivity index (χ2n) is 7.38. The van der Waals surface area contributed by atoms with E-state index in [0.717, 1.165) is 37.3 Å². The molecular formula is C19H24N4O2S. The van der Waals surface area contributed by atoms with Gasteiger partial charge in [0.2, 0.25) is 0 Å². The standard InChI is InChI=1S/C19H24N4O2S/c1-12-17(26-11-21-12)5-6-22(2)18(24)15-3-4-16-14-7-13(8-20-9-14)10-23(16)19(15)25/h3-4,11,13-14,20H,5-10H2,1-2H3/t13-,14+/m0/s1. The van der Waals surface area contributed by atoms with E-state index in [1.165, 1.54) is 4.88 Å². The maximum absolute atomic E-state index is 13.0. The average Bonchev–Trinajstić information content (AvgIpc) is 3.05. The molecule has 2 aliphatic rings. The number of aryl methyl sites for hydroxylation is 1. The Kier molecular flexibility index (Phi) is 4.67. The van der Waals surface area contributed by atoms with Crippen molar-refractivity contribution in [1.29, 1.82) is 0 Å². The third kappa shape index (κ3) is 3.10. The lowest BCUT2D eigenvalue weighted by Crippen LogP contribution is -2.46. The van der Waals surface area contributed by atoms with Gasteiger partial charge in [0, 0.05) is 49.6 Å². The third-order valence-electron chi connectivity index (χ3n) is 5.60. The number of likely N-dealkylation sites (N-methyl/N-ethyl adjacent to an activating group) is 1. The van der Waals surface area contributed by atoms with Gasteiger partial charge < -0.3 is 14.8 Å². The summed E-state index contributed by atoms with van der Waals surface area (Å²) in [6, 6.07) is 3.70. The molecule has 1 N–H and O–H groups in total. The summed E-state index contributed by atoms with van der Waals surface area (Å²) >= 11 is 1.61. The van der Waals surface area contributed by atoms with E-state index < -0.39 is 0 Å². The first-order valence-corrected chi connectivity index (χ1v) is 10.0. The maximum atomic E-state index is 13.0. The zero-order valence-electron chi connectivity index (χ0n) is 15.2. The van der Waals surface area contributed by atoms with Crippen LogP contribution in [0.3, 0.4) is 0 Å². The minimum atomic E-state index is -0.193. The Labute approximate surface area is 156 Å². The number of hydrogen-bond acceptors (Lipinski definition) is 5. The normalized spacial score (nSPS) is 21.3. The average molecular weight is 372 g/mol. The number of hydrogen-bond donors (Lipinski definition) is 1. The second-order valence-corrected chi connectivity index (χ2v) is 8.32. The maximum Gasteiger partial charge on any atom is 0.263 e. The highest BCUT2D eigenvalue weighted by molar-refractivity contribution is 7.09. The second kappa shape index (κ2) is 6.96. The number of nitrogens with zero attached hydrogens (tertiary/aromatic N) is 3. The molecule has 7 heteroatoms. The molecule has 6 nitrogen and oxygen atoms in total. The molecule has 0 aromatic carbocycles. The topological polar surface area (TPSA) is 67.2 Å². The van der Waals surface area contributed by atoms with E-state index in [2.05, 4.69) is 10.3 Å².